The molecule has 0 spiro atoms. The first kappa shape index (κ1) is 16.4. The number of aromatic amines is 1. The van der Waals surface area contributed by atoms with Crippen LogP contribution in [0.25, 0.3) is 11.1 Å². The highest BCUT2D eigenvalue weighted by atomic mass is 16.5. The van der Waals surface area contributed by atoms with Gasteiger partial charge in [0.1, 0.15) is 24.2 Å². The summed E-state index contributed by atoms with van der Waals surface area (Å²) >= 11 is 0. The number of carbonyl (C=O) groups excluding carboxylic acids is 1. The van der Waals surface area contributed by atoms with Crippen molar-refractivity contribution >= 4 is 16.9 Å². The number of carbonyl (C=O) groups is 1. The first-order valence-corrected chi connectivity index (χ1v) is 8.37. The van der Waals surface area contributed by atoms with Gasteiger partial charge in [-0.25, -0.2) is 4.79 Å². The van der Waals surface area contributed by atoms with Crippen LogP contribution in [0.4, 0.5) is 0 Å². The molecule has 1 fully saturated rings. The van der Waals surface area contributed by atoms with Crippen molar-refractivity contribution in [1.82, 2.24) is 9.88 Å². The van der Waals surface area contributed by atoms with Crippen molar-refractivity contribution in [3.8, 4) is 11.5 Å². The van der Waals surface area contributed by atoms with E-state index in [0.717, 1.165) is 0 Å². The Kier molecular flexibility index (Phi) is 4.45. The maximum Gasteiger partial charge on any atom is 0.417 e. The number of oxazole rings is 1. The summed E-state index contributed by atoms with van der Waals surface area (Å²) in [5.74, 6) is 0.907. The molecule has 0 unspecified atom stereocenters. The van der Waals surface area contributed by atoms with E-state index in [1.54, 1.807) is 18.2 Å². The summed E-state index contributed by atoms with van der Waals surface area (Å²) in [5.41, 5.74) is 1.11. The van der Waals surface area contributed by atoms with E-state index in [2.05, 4.69) is 4.98 Å². The van der Waals surface area contributed by atoms with Crippen molar-refractivity contribution in [3.63, 3.8) is 0 Å². The molecule has 134 valence electrons. The Hall–Kier alpha value is -3.06. The van der Waals surface area contributed by atoms with Gasteiger partial charge in [0, 0.05) is 19.2 Å². The summed E-state index contributed by atoms with van der Waals surface area (Å²) in [6.07, 6.45) is 0.0221. The molecule has 1 aliphatic rings. The Morgan fingerprint density at radius 2 is 1.96 bits per heavy atom. The number of hydrogen-bond acceptors (Lipinski definition) is 6. The van der Waals surface area contributed by atoms with Crippen molar-refractivity contribution in [2.75, 3.05) is 26.2 Å². The molecule has 1 saturated heterocycles. The average molecular weight is 354 g/mol. The molecule has 7 nitrogen and oxygen atoms in total. The fourth-order valence-electron chi connectivity index (χ4n) is 2.90. The van der Waals surface area contributed by atoms with Crippen LogP contribution >= 0.6 is 0 Å². The van der Waals surface area contributed by atoms with Gasteiger partial charge in [-0.3, -0.25) is 14.7 Å². The van der Waals surface area contributed by atoms with Crippen LogP contribution in [0.15, 0.2) is 57.7 Å². The summed E-state index contributed by atoms with van der Waals surface area (Å²) in [4.78, 5) is 27.8. The van der Waals surface area contributed by atoms with E-state index in [-0.39, 0.29) is 18.5 Å². The van der Waals surface area contributed by atoms with Crippen LogP contribution in [-0.4, -0.2) is 48.0 Å². The molecule has 0 atom stereocenters. The van der Waals surface area contributed by atoms with E-state index in [1.165, 1.54) is 0 Å². The predicted octanol–water partition coefficient (Wildman–Crippen LogP) is 1.83. The Morgan fingerprint density at radius 1 is 1.15 bits per heavy atom. The molecule has 0 aliphatic carbocycles. The smallest absolute Gasteiger partial charge is 0.417 e. The van der Waals surface area contributed by atoms with E-state index in [1.807, 2.05) is 35.2 Å². The molecule has 7 heteroatoms. The Bertz CT molecular complexity index is 957. The molecule has 1 aromatic heterocycles. The third-order valence-corrected chi connectivity index (χ3v) is 4.16. The Balaban J connectivity index is 1.22. The number of Topliss-reactive ketones (excluding diaryl/α,β-unsaturated/α-hetero) is 1. The first-order chi connectivity index (χ1) is 12.7. The maximum absolute atomic E-state index is 12.0. The van der Waals surface area contributed by atoms with Crippen molar-refractivity contribution in [2.45, 2.75) is 6.10 Å². The molecule has 3 aromatic rings. The van der Waals surface area contributed by atoms with Crippen molar-refractivity contribution in [3.05, 3.63) is 59.1 Å². The number of nitrogens with one attached hydrogen (secondary N) is 1. The summed E-state index contributed by atoms with van der Waals surface area (Å²) in [7, 11) is 0. The van der Waals surface area contributed by atoms with Gasteiger partial charge in [0.15, 0.2) is 11.4 Å². The van der Waals surface area contributed by atoms with Crippen LogP contribution in [0.2, 0.25) is 0 Å². The van der Waals surface area contributed by atoms with E-state index in [0.29, 0.717) is 42.2 Å². The SMILES string of the molecule is O=C(COc1ccccc1)CN1CC(Oc2ccc3oc(=O)[nH]c3c2)C1. The zero-order valence-electron chi connectivity index (χ0n) is 14.0. The van der Waals surface area contributed by atoms with Gasteiger partial charge in [-0.1, -0.05) is 18.2 Å². The number of rotatable bonds is 7. The highest BCUT2D eigenvalue weighted by Crippen LogP contribution is 2.22. The molecule has 1 aliphatic heterocycles. The number of para-hydroxylation sites is 1. The van der Waals surface area contributed by atoms with Crippen LogP contribution in [0.5, 0.6) is 11.5 Å². The number of hydrogen-bond donors (Lipinski definition) is 1. The summed E-state index contributed by atoms with van der Waals surface area (Å²) in [5, 5.41) is 0. The van der Waals surface area contributed by atoms with Gasteiger partial charge in [-0.05, 0) is 24.3 Å². The second-order valence-corrected chi connectivity index (χ2v) is 6.25. The Labute approximate surface area is 149 Å². The van der Waals surface area contributed by atoms with E-state index >= 15 is 0 Å². The molecule has 26 heavy (non-hydrogen) atoms. The highest BCUT2D eigenvalue weighted by Gasteiger charge is 2.29. The fourth-order valence-corrected chi connectivity index (χ4v) is 2.90. The van der Waals surface area contributed by atoms with Gasteiger partial charge in [0.05, 0.1) is 12.1 Å². The first-order valence-electron chi connectivity index (χ1n) is 8.37. The van der Waals surface area contributed by atoms with Crippen molar-refractivity contribution in [1.29, 1.82) is 0 Å². The third-order valence-electron chi connectivity index (χ3n) is 4.16. The van der Waals surface area contributed by atoms with Gasteiger partial charge in [0.25, 0.3) is 0 Å². The molecule has 4 rings (SSSR count). The second kappa shape index (κ2) is 7.05. The lowest BCUT2D eigenvalue weighted by atomic mass is 10.1. The van der Waals surface area contributed by atoms with E-state index < -0.39 is 5.76 Å². The van der Waals surface area contributed by atoms with E-state index in [9.17, 15) is 9.59 Å². The lowest BCUT2D eigenvalue weighted by Crippen LogP contribution is -2.55. The lowest BCUT2D eigenvalue weighted by molar-refractivity contribution is -0.124. The summed E-state index contributed by atoms with van der Waals surface area (Å²) in [6, 6.07) is 14.5. The largest absolute Gasteiger partial charge is 0.488 e. The maximum atomic E-state index is 12.0. The van der Waals surface area contributed by atoms with Crippen LogP contribution < -0.4 is 15.2 Å². The molecule has 0 radical (unpaired) electrons. The second-order valence-electron chi connectivity index (χ2n) is 6.25. The Morgan fingerprint density at radius 3 is 2.77 bits per heavy atom. The zero-order valence-corrected chi connectivity index (χ0v) is 14.0. The number of ketones is 1. The van der Waals surface area contributed by atoms with Crippen molar-refractivity contribution in [2.24, 2.45) is 0 Å². The molecule has 1 N–H and O–H groups in total. The molecule has 2 heterocycles. The number of ether oxygens (including phenoxy) is 2. The molecular weight excluding hydrogens is 336 g/mol. The van der Waals surface area contributed by atoms with Gasteiger partial charge in [-0.2, -0.15) is 0 Å². The number of fused-ring (bicyclic) bond motifs is 1. The number of likely N-dealkylation sites (tertiary alicyclic amines) is 1. The molecule has 0 amide bonds. The minimum atomic E-state index is -0.483. The number of H-pyrrole nitrogens is 1. The highest BCUT2D eigenvalue weighted by molar-refractivity contribution is 5.82. The third kappa shape index (κ3) is 3.78. The number of nitrogens with zero attached hydrogens (tertiary/aromatic N) is 1. The molecular formula is C19H18N2O5. The van der Waals surface area contributed by atoms with Crippen LogP contribution in [0, 0.1) is 0 Å². The lowest BCUT2D eigenvalue weighted by Gasteiger charge is -2.38. The summed E-state index contributed by atoms with van der Waals surface area (Å²) in [6.45, 7) is 1.77. The summed E-state index contributed by atoms with van der Waals surface area (Å²) < 4.78 is 16.3. The average Bonchev–Trinajstić information content (AvgIpc) is 2.98. The number of benzene rings is 2. The normalized spacial score (nSPS) is 14.9. The van der Waals surface area contributed by atoms with Gasteiger partial charge in [-0.15, -0.1) is 0 Å². The molecule has 0 saturated carbocycles. The quantitative estimate of drug-likeness (QED) is 0.697. The predicted molar refractivity (Wildman–Crippen MR) is 94.6 cm³/mol. The number of aromatic nitrogens is 1. The van der Waals surface area contributed by atoms with Crippen LogP contribution in [0.1, 0.15) is 0 Å². The minimum absolute atomic E-state index is 0.0221. The van der Waals surface area contributed by atoms with Crippen LogP contribution in [-0.2, 0) is 4.79 Å². The molecule has 2 aromatic carbocycles. The van der Waals surface area contributed by atoms with Crippen LogP contribution in [0.3, 0.4) is 0 Å². The fraction of sp³-hybridized carbons (Fsp3) is 0.263. The monoisotopic (exact) mass is 354 g/mol. The van der Waals surface area contributed by atoms with E-state index in [4.69, 9.17) is 13.9 Å². The zero-order chi connectivity index (χ0) is 17.9. The minimum Gasteiger partial charge on any atom is -0.488 e. The molecule has 0 bridgehead atoms. The topological polar surface area (TPSA) is 84.8 Å². The van der Waals surface area contributed by atoms with Gasteiger partial charge < -0.3 is 13.9 Å². The van der Waals surface area contributed by atoms with Crippen molar-refractivity contribution < 1.29 is 18.7 Å². The van der Waals surface area contributed by atoms with Gasteiger partial charge >= 0.3 is 5.76 Å². The van der Waals surface area contributed by atoms with Gasteiger partial charge in [0.2, 0.25) is 0 Å². The standard InChI is InChI=1S/C19H18N2O5/c22-13(12-24-14-4-2-1-3-5-14)9-21-10-16(11-21)25-15-6-7-18-17(8-15)20-19(23)26-18/h1-8,16H,9-12H2,(H,20,23).